The second kappa shape index (κ2) is 10.7. The van der Waals surface area contributed by atoms with Gasteiger partial charge in [-0.3, -0.25) is 0 Å². The van der Waals surface area contributed by atoms with Crippen LogP contribution in [0.1, 0.15) is 55.6 Å². The Balaban J connectivity index is 1.42. The molecular weight excluding hydrogens is 534 g/mol. The molecule has 0 aromatic carbocycles. The first kappa shape index (κ1) is 27.2. The van der Waals surface area contributed by atoms with Crippen molar-refractivity contribution >= 4 is 0 Å². The zero-order valence-corrected chi connectivity index (χ0v) is 22.0. The number of alkyl halides is 3. The minimum atomic E-state index is -4.68. The van der Waals surface area contributed by atoms with Crippen LogP contribution in [0.4, 0.5) is 17.6 Å². The number of ether oxygens (including phenoxy) is 3. The Morgan fingerprint density at radius 2 is 1.77 bits per heavy atom. The van der Waals surface area contributed by atoms with Gasteiger partial charge in [-0.15, -0.1) is 0 Å². The minimum absolute atomic E-state index is 0.0785. The lowest BCUT2D eigenvalue weighted by atomic mass is 10.1. The van der Waals surface area contributed by atoms with Crippen LogP contribution < -0.4 is 14.2 Å². The van der Waals surface area contributed by atoms with Gasteiger partial charge >= 0.3 is 6.18 Å². The fraction of sp³-hybridized carbons (Fsp3) is 0.385. The number of nitrogens with zero attached hydrogens (tertiary/aromatic N) is 7. The molecule has 1 saturated carbocycles. The predicted molar refractivity (Wildman–Crippen MR) is 133 cm³/mol. The summed E-state index contributed by atoms with van der Waals surface area (Å²) >= 11 is 0. The van der Waals surface area contributed by atoms with Gasteiger partial charge in [-0.1, -0.05) is 0 Å². The van der Waals surface area contributed by atoms with E-state index in [4.69, 9.17) is 14.2 Å². The van der Waals surface area contributed by atoms with E-state index in [1.807, 2.05) is 0 Å². The number of halogens is 4. The fourth-order valence-corrected chi connectivity index (χ4v) is 4.10. The Labute approximate surface area is 226 Å². The Morgan fingerprint density at radius 3 is 2.40 bits per heavy atom. The largest absolute Gasteiger partial charge is 0.490 e. The van der Waals surface area contributed by atoms with Gasteiger partial charge in [0.1, 0.15) is 24.2 Å². The highest BCUT2D eigenvalue weighted by atomic mass is 19.4. The Morgan fingerprint density at radius 1 is 1.00 bits per heavy atom. The summed E-state index contributed by atoms with van der Waals surface area (Å²) in [6.07, 6.45) is 2.31. The molecule has 5 rings (SSSR count). The molecule has 14 heteroatoms. The van der Waals surface area contributed by atoms with Crippen LogP contribution in [0, 0.1) is 5.82 Å². The van der Waals surface area contributed by atoms with E-state index in [9.17, 15) is 13.2 Å². The van der Waals surface area contributed by atoms with Crippen LogP contribution in [0.2, 0.25) is 0 Å². The molecular formula is C26H25F4N7O3. The summed E-state index contributed by atoms with van der Waals surface area (Å²) in [4.78, 5) is 25.1. The summed E-state index contributed by atoms with van der Waals surface area (Å²) in [6, 6.07) is 0.722. The number of aromatic nitrogens is 7. The molecule has 10 nitrogen and oxygen atoms in total. The zero-order chi connectivity index (χ0) is 28.6. The summed E-state index contributed by atoms with van der Waals surface area (Å²) < 4.78 is 72.7. The molecule has 0 spiro atoms. The van der Waals surface area contributed by atoms with Crippen molar-refractivity contribution in [1.29, 1.82) is 0 Å². The van der Waals surface area contributed by atoms with Crippen LogP contribution >= 0.6 is 0 Å². The van der Waals surface area contributed by atoms with E-state index in [0.29, 0.717) is 17.0 Å². The van der Waals surface area contributed by atoms with Gasteiger partial charge in [0.2, 0.25) is 5.88 Å². The molecule has 0 aliphatic heterocycles. The normalized spacial score (nSPS) is 13.5. The highest BCUT2D eigenvalue weighted by Gasteiger charge is 2.36. The molecule has 0 amide bonds. The minimum Gasteiger partial charge on any atom is -0.490 e. The molecule has 4 aromatic rings. The summed E-state index contributed by atoms with van der Waals surface area (Å²) in [5.41, 5.74) is 0.205. The molecule has 210 valence electrons. The van der Waals surface area contributed by atoms with Crippen LogP contribution in [0.5, 0.6) is 17.5 Å². The van der Waals surface area contributed by atoms with Gasteiger partial charge in [-0.2, -0.15) is 18.2 Å². The number of imidazole rings is 1. The van der Waals surface area contributed by atoms with Gasteiger partial charge in [0, 0.05) is 29.9 Å². The average molecular weight is 560 g/mol. The van der Waals surface area contributed by atoms with Crippen molar-refractivity contribution in [3.05, 3.63) is 53.8 Å². The summed E-state index contributed by atoms with van der Waals surface area (Å²) in [7, 11) is 2.92. The van der Waals surface area contributed by atoms with Crippen molar-refractivity contribution in [2.45, 2.75) is 51.4 Å². The molecule has 4 heterocycles. The zero-order valence-electron chi connectivity index (χ0n) is 22.0. The summed E-state index contributed by atoms with van der Waals surface area (Å²) in [6.45, 7) is 3.17. The maximum absolute atomic E-state index is 15.1. The molecule has 0 atom stereocenters. The van der Waals surface area contributed by atoms with Crippen molar-refractivity contribution in [3.63, 3.8) is 0 Å². The van der Waals surface area contributed by atoms with Crippen LogP contribution in [-0.4, -0.2) is 48.7 Å². The van der Waals surface area contributed by atoms with Crippen molar-refractivity contribution < 1.29 is 31.8 Å². The van der Waals surface area contributed by atoms with E-state index >= 15 is 4.39 Å². The molecule has 0 radical (unpaired) electrons. The van der Waals surface area contributed by atoms with Crippen molar-refractivity contribution in [3.8, 4) is 40.4 Å². The third-order valence-electron chi connectivity index (χ3n) is 6.23. The number of pyridine rings is 1. The SMILES string of the molecule is COc1cnc(-c2c(OC)ncnc2C2CC2)nc1OCc1cnc(-c2nc(C(F)(F)F)cn2C(C)C)c(F)c1. The molecule has 1 aliphatic rings. The molecule has 40 heavy (non-hydrogen) atoms. The second-order valence-electron chi connectivity index (χ2n) is 9.40. The lowest BCUT2D eigenvalue weighted by molar-refractivity contribution is -0.140. The van der Waals surface area contributed by atoms with Gasteiger partial charge in [0.15, 0.2) is 28.9 Å². The van der Waals surface area contributed by atoms with Gasteiger partial charge in [-0.25, -0.2) is 29.3 Å². The molecule has 0 bridgehead atoms. The van der Waals surface area contributed by atoms with E-state index in [0.717, 1.165) is 30.8 Å². The molecule has 0 saturated heterocycles. The molecule has 0 unspecified atom stereocenters. The maximum Gasteiger partial charge on any atom is 0.434 e. The van der Waals surface area contributed by atoms with Crippen LogP contribution in [-0.2, 0) is 12.8 Å². The first-order chi connectivity index (χ1) is 19.1. The van der Waals surface area contributed by atoms with Gasteiger partial charge < -0.3 is 18.8 Å². The smallest absolute Gasteiger partial charge is 0.434 e. The Kier molecular flexibility index (Phi) is 7.25. The van der Waals surface area contributed by atoms with Gasteiger partial charge in [0.25, 0.3) is 5.88 Å². The quantitative estimate of drug-likeness (QED) is 0.249. The van der Waals surface area contributed by atoms with E-state index in [1.165, 1.54) is 37.5 Å². The summed E-state index contributed by atoms with van der Waals surface area (Å²) in [5, 5.41) is 0. The molecule has 1 fully saturated rings. The van der Waals surface area contributed by atoms with Crippen molar-refractivity contribution in [2.24, 2.45) is 0 Å². The maximum atomic E-state index is 15.1. The predicted octanol–water partition coefficient (Wildman–Crippen LogP) is 5.40. The number of methoxy groups -OCH3 is 2. The Hall–Kier alpha value is -4.36. The second-order valence-corrected chi connectivity index (χ2v) is 9.40. The van der Waals surface area contributed by atoms with Crippen LogP contribution in [0.25, 0.3) is 22.9 Å². The number of hydrogen-bond donors (Lipinski definition) is 0. The van der Waals surface area contributed by atoms with Crippen molar-refractivity contribution in [1.82, 2.24) is 34.5 Å². The Bertz CT molecular complexity index is 1540. The first-order valence-electron chi connectivity index (χ1n) is 12.3. The molecule has 0 N–H and O–H groups in total. The lowest BCUT2D eigenvalue weighted by Gasteiger charge is -2.14. The van der Waals surface area contributed by atoms with Crippen LogP contribution in [0.15, 0.2) is 31.0 Å². The number of rotatable bonds is 9. The number of hydrogen-bond acceptors (Lipinski definition) is 9. The third kappa shape index (κ3) is 5.38. The average Bonchev–Trinajstić information content (AvgIpc) is 3.67. The molecule has 4 aromatic heterocycles. The lowest BCUT2D eigenvalue weighted by Crippen LogP contribution is -2.07. The highest BCUT2D eigenvalue weighted by molar-refractivity contribution is 5.66. The van der Waals surface area contributed by atoms with Crippen LogP contribution in [0.3, 0.4) is 0 Å². The standard InChI is InChI=1S/C26H25F4N7O3/c1-13(2)37-10-18(26(28,29)30)35-23(37)21-16(27)7-14(8-31-21)11-40-24-17(38-3)9-32-22(36-24)19-20(15-5-6-15)33-12-34-25(19)39-4/h7-10,12-13,15H,5-6,11H2,1-4H3. The molecule has 1 aliphatic carbocycles. The fourth-order valence-electron chi connectivity index (χ4n) is 4.10. The summed E-state index contributed by atoms with van der Waals surface area (Å²) in [5.74, 6) is 0.0935. The highest BCUT2D eigenvalue weighted by Crippen LogP contribution is 2.45. The topological polar surface area (TPSA) is 110 Å². The van der Waals surface area contributed by atoms with E-state index < -0.39 is 23.7 Å². The van der Waals surface area contributed by atoms with E-state index in [-0.39, 0.29) is 41.5 Å². The third-order valence-corrected chi connectivity index (χ3v) is 6.23. The monoisotopic (exact) mass is 559 g/mol. The van der Waals surface area contributed by atoms with Gasteiger partial charge in [0.05, 0.1) is 26.1 Å². The first-order valence-corrected chi connectivity index (χ1v) is 12.3. The van der Waals surface area contributed by atoms with Crippen molar-refractivity contribution in [2.75, 3.05) is 14.2 Å². The van der Waals surface area contributed by atoms with E-state index in [2.05, 4.69) is 29.9 Å². The van der Waals surface area contributed by atoms with Gasteiger partial charge in [-0.05, 0) is 32.8 Å². The van der Waals surface area contributed by atoms with E-state index in [1.54, 1.807) is 13.8 Å².